The second-order valence-electron chi connectivity index (χ2n) is 5.20. The largest absolute Gasteiger partial charge is 0.476 e. The summed E-state index contributed by atoms with van der Waals surface area (Å²) in [6, 6.07) is 5.34. The van der Waals surface area contributed by atoms with Gasteiger partial charge in [-0.25, -0.2) is 9.78 Å². The molecule has 0 saturated carbocycles. The summed E-state index contributed by atoms with van der Waals surface area (Å²) in [5, 5.41) is 12.6. The van der Waals surface area contributed by atoms with Gasteiger partial charge in [0.25, 0.3) is 0 Å². The Bertz CT molecular complexity index is 709. The lowest BCUT2D eigenvalue weighted by Gasteiger charge is -2.30. The van der Waals surface area contributed by atoms with Gasteiger partial charge in [-0.2, -0.15) is 0 Å². The van der Waals surface area contributed by atoms with E-state index in [9.17, 15) is 14.7 Å². The first-order valence-corrected chi connectivity index (χ1v) is 6.77. The fourth-order valence-electron chi connectivity index (χ4n) is 2.62. The maximum atomic E-state index is 11.5. The number of carboxylic acids is 1. The summed E-state index contributed by atoms with van der Waals surface area (Å²) in [5.74, 6) is -0.570. The van der Waals surface area contributed by atoms with Crippen LogP contribution in [0.5, 0.6) is 0 Å². The molecule has 2 N–H and O–H groups in total. The number of aromatic carboxylic acids is 1. The Morgan fingerprint density at radius 2 is 2.29 bits per heavy atom. The molecular formula is C14H16N4O3. The summed E-state index contributed by atoms with van der Waals surface area (Å²) in [6.07, 6.45) is 2.81. The number of carboxylic acid groups (broad SMARTS) is 1. The van der Waals surface area contributed by atoms with E-state index >= 15 is 0 Å². The first-order chi connectivity index (χ1) is 10.1. The molecule has 1 aliphatic rings. The molecule has 3 heterocycles. The Morgan fingerprint density at radius 1 is 1.48 bits per heavy atom. The van der Waals surface area contributed by atoms with Gasteiger partial charge < -0.3 is 15.3 Å². The van der Waals surface area contributed by atoms with Crippen molar-refractivity contribution in [3.63, 3.8) is 0 Å². The predicted octanol–water partition coefficient (Wildman–Crippen LogP) is 1.07. The minimum absolute atomic E-state index is 0.00992. The van der Waals surface area contributed by atoms with Crippen LogP contribution in [0.4, 0.5) is 5.82 Å². The zero-order valence-electron chi connectivity index (χ0n) is 11.6. The Labute approximate surface area is 121 Å². The van der Waals surface area contributed by atoms with Gasteiger partial charge in [-0.1, -0.05) is 6.07 Å². The van der Waals surface area contributed by atoms with E-state index in [1.807, 2.05) is 6.07 Å². The maximum Gasteiger partial charge on any atom is 0.356 e. The molecule has 0 spiro atoms. The minimum atomic E-state index is -1.03. The van der Waals surface area contributed by atoms with Crippen molar-refractivity contribution in [2.24, 2.45) is 0 Å². The van der Waals surface area contributed by atoms with Crippen molar-refractivity contribution in [1.82, 2.24) is 14.3 Å². The van der Waals surface area contributed by atoms with Gasteiger partial charge in [0.15, 0.2) is 11.5 Å². The van der Waals surface area contributed by atoms with E-state index in [-0.39, 0.29) is 17.6 Å². The highest BCUT2D eigenvalue weighted by atomic mass is 16.4. The average Bonchev–Trinajstić information content (AvgIpc) is 2.80. The van der Waals surface area contributed by atoms with Gasteiger partial charge >= 0.3 is 5.97 Å². The molecule has 0 bridgehead atoms. The van der Waals surface area contributed by atoms with E-state index in [1.54, 1.807) is 34.7 Å². The van der Waals surface area contributed by atoms with Crippen LogP contribution in [-0.2, 0) is 4.79 Å². The number of likely N-dealkylation sites (tertiary alicyclic amines) is 1. The van der Waals surface area contributed by atoms with Crippen LogP contribution < -0.4 is 5.32 Å². The number of fused-ring (bicyclic) bond motifs is 1. The third-order valence-electron chi connectivity index (χ3n) is 3.70. The Hall–Kier alpha value is -2.57. The van der Waals surface area contributed by atoms with E-state index in [0.29, 0.717) is 30.9 Å². The van der Waals surface area contributed by atoms with Gasteiger partial charge in [-0.3, -0.25) is 9.20 Å². The van der Waals surface area contributed by atoms with E-state index in [1.165, 1.54) is 0 Å². The lowest BCUT2D eigenvalue weighted by Crippen LogP contribution is -2.43. The lowest BCUT2D eigenvalue weighted by atomic mass is 10.1. The van der Waals surface area contributed by atoms with Crippen molar-refractivity contribution in [2.75, 3.05) is 18.9 Å². The Balaban J connectivity index is 1.92. The molecule has 21 heavy (non-hydrogen) atoms. The lowest BCUT2D eigenvalue weighted by molar-refractivity contribution is -0.132. The number of piperidine rings is 1. The van der Waals surface area contributed by atoms with Gasteiger partial charge in [0.05, 0.1) is 0 Å². The van der Waals surface area contributed by atoms with Gasteiger partial charge in [0.1, 0.15) is 5.65 Å². The van der Waals surface area contributed by atoms with Gasteiger partial charge in [-0.15, -0.1) is 0 Å². The number of amides is 1. The number of imidazole rings is 1. The number of anilines is 1. The molecule has 110 valence electrons. The van der Waals surface area contributed by atoms with Crippen molar-refractivity contribution in [3.8, 4) is 0 Å². The summed E-state index contributed by atoms with van der Waals surface area (Å²) < 4.78 is 1.54. The molecule has 3 rings (SSSR count). The first kappa shape index (κ1) is 13.4. The highest BCUT2D eigenvalue weighted by Crippen LogP contribution is 2.21. The number of nitrogens with zero attached hydrogens (tertiary/aromatic N) is 3. The average molecular weight is 288 g/mol. The van der Waals surface area contributed by atoms with Crippen molar-refractivity contribution in [1.29, 1.82) is 0 Å². The van der Waals surface area contributed by atoms with Crippen LogP contribution in [0.3, 0.4) is 0 Å². The van der Waals surface area contributed by atoms with Crippen LogP contribution >= 0.6 is 0 Å². The van der Waals surface area contributed by atoms with Crippen molar-refractivity contribution in [2.45, 2.75) is 18.9 Å². The number of carbonyl (C=O) groups is 2. The molecule has 0 aliphatic carbocycles. The molecule has 7 nitrogen and oxygen atoms in total. The fourth-order valence-corrected chi connectivity index (χ4v) is 2.62. The molecule has 7 heteroatoms. The Kier molecular flexibility index (Phi) is 3.25. The third kappa shape index (κ3) is 2.42. The predicted molar refractivity (Wildman–Crippen MR) is 76.4 cm³/mol. The molecule has 1 amide bonds. The topological polar surface area (TPSA) is 86.9 Å². The molecule has 2 aromatic heterocycles. The molecule has 0 radical (unpaired) electrons. The second kappa shape index (κ2) is 5.08. The van der Waals surface area contributed by atoms with Gasteiger partial charge in [-0.05, 0) is 18.6 Å². The van der Waals surface area contributed by atoms with Crippen LogP contribution in [0.1, 0.15) is 23.3 Å². The number of likely N-dealkylation sites (N-methyl/N-ethyl adjacent to an activating group) is 1. The Morgan fingerprint density at radius 3 is 3.00 bits per heavy atom. The molecule has 1 aliphatic heterocycles. The second-order valence-corrected chi connectivity index (χ2v) is 5.20. The summed E-state index contributed by atoms with van der Waals surface area (Å²) in [6.45, 7) is 0.547. The highest BCUT2D eigenvalue weighted by Gasteiger charge is 2.26. The SMILES string of the molecule is CN1CC(Nc2nc3ccccn3c2C(=O)O)CCC1=O. The van der Waals surface area contributed by atoms with Crippen molar-refractivity contribution >= 4 is 23.3 Å². The van der Waals surface area contributed by atoms with Crippen LogP contribution in [0.2, 0.25) is 0 Å². The monoisotopic (exact) mass is 288 g/mol. The number of hydrogen-bond donors (Lipinski definition) is 2. The van der Waals surface area contributed by atoms with Crippen LogP contribution in [0.15, 0.2) is 24.4 Å². The molecule has 1 atom stereocenters. The van der Waals surface area contributed by atoms with E-state index in [4.69, 9.17) is 0 Å². The standard InChI is InChI=1S/C14H16N4O3/c1-17-8-9(5-6-11(17)19)15-13-12(14(20)21)18-7-3-2-4-10(18)16-13/h2-4,7,9,15H,5-6,8H2,1H3,(H,20,21). The number of carbonyl (C=O) groups excluding carboxylic acids is 1. The minimum Gasteiger partial charge on any atom is -0.476 e. The third-order valence-corrected chi connectivity index (χ3v) is 3.70. The summed E-state index contributed by atoms with van der Waals surface area (Å²) in [7, 11) is 1.75. The van der Waals surface area contributed by atoms with E-state index in [0.717, 1.165) is 0 Å². The van der Waals surface area contributed by atoms with Crippen molar-refractivity contribution in [3.05, 3.63) is 30.1 Å². The first-order valence-electron chi connectivity index (χ1n) is 6.77. The zero-order chi connectivity index (χ0) is 15.0. The normalized spacial score (nSPS) is 19.0. The molecule has 1 fully saturated rings. The summed E-state index contributed by atoms with van der Waals surface area (Å²) >= 11 is 0. The number of hydrogen-bond acceptors (Lipinski definition) is 4. The molecule has 1 saturated heterocycles. The molecular weight excluding hydrogens is 272 g/mol. The molecule has 2 aromatic rings. The van der Waals surface area contributed by atoms with Crippen LogP contribution in [-0.4, -0.2) is 50.9 Å². The number of rotatable bonds is 3. The van der Waals surface area contributed by atoms with Crippen LogP contribution in [0.25, 0.3) is 5.65 Å². The number of aromatic nitrogens is 2. The fraction of sp³-hybridized carbons (Fsp3) is 0.357. The molecule has 1 unspecified atom stereocenters. The van der Waals surface area contributed by atoms with E-state index in [2.05, 4.69) is 10.3 Å². The quantitative estimate of drug-likeness (QED) is 0.882. The number of nitrogens with one attached hydrogen (secondary N) is 1. The smallest absolute Gasteiger partial charge is 0.356 e. The van der Waals surface area contributed by atoms with Crippen molar-refractivity contribution < 1.29 is 14.7 Å². The molecule has 0 aromatic carbocycles. The van der Waals surface area contributed by atoms with Gasteiger partial charge in [0.2, 0.25) is 5.91 Å². The zero-order valence-corrected chi connectivity index (χ0v) is 11.6. The number of pyridine rings is 1. The summed E-state index contributed by atoms with van der Waals surface area (Å²) in [5.41, 5.74) is 0.697. The van der Waals surface area contributed by atoms with E-state index < -0.39 is 5.97 Å². The maximum absolute atomic E-state index is 11.5. The highest BCUT2D eigenvalue weighted by molar-refractivity contribution is 5.93. The van der Waals surface area contributed by atoms with Gasteiger partial charge in [0, 0.05) is 32.3 Å². The van der Waals surface area contributed by atoms with Crippen LogP contribution in [0, 0.1) is 0 Å². The summed E-state index contributed by atoms with van der Waals surface area (Å²) in [4.78, 5) is 29.0.